The number of carbonyl (C=O) groups is 1. The molecule has 1 aliphatic rings. The Balaban J connectivity index is 2.31. The van der Waals surface area contributed by atoms with Crippen molar-refractivity contribution in [3.63, 3.8) is 0 Å². The summed E-state index contributed by atoms with van der Waals surface area (Å²) in [6.45, 7) is 0. The normalized spacial score (nSPS) is 23.8. The third-order valence-electron chi connectivity index (χ3n) is 2.38. The molecule has 2 N–H and O–H groups in total. The second kappa shape index (κ2) is 3.79. The van der Waals surface area contributed by atoms with Gasteiger partial charge in [0.2, 0.25) is 5.91 Å². The third-order valence-corrected chi connectivity index (χ3v) is 3.92. The number of hydrogen-bond donors (Lipinski definition) is 2. The smallest absolute Gasteiger partial charge is 0.235 e. The maximum atomic E-state index is 11.4. The van der Waals surface area contributed by atoms with Crippen molar-refractivity contribution in [1.29, 1.82) is 0 Å². The highest BCUT2D eigenvalue weighted by molar-refractivity contribution is 7.92. The van der Waals surface area contributed by atoms with Gasteiger partial charge in [-0.15, -0.1) is 0 Å². The van der Waals surface area contributed by atoms with Crippen molar-refractivity contribution in [1.82, 2.24) is 5.32 Å². The minimum absolute atomic E-state index is 0.0507. The van der Waals surface area contributed by atoms with Crippen molar-refractivity contribution in [3.8, 4) is 5.75 Å². The Morgan fingerprint density at radius 3 is 2.75 bits per heavy atom. The fraction of sp³-hybridized carbons (Fsp3) is 0.300. The Hall–Kier alpha value is -1.56. The molecular weight excluding hydrogens is 230 g/mol. The van der Waals surface area contributed by atoms with Gasteiger partial charge < -0.3 is 10.4 Å². The number of phenolic OH excluding ortho intramolecular Hbond substituents is 1. The highest BCUT2D eigenvalue weighted by Gasteiger charge is 2.30. The van der Waals surface area contributed by atoms with E-state index in [1.54, 1.807) is 12.1 Å². The van der Waals surface area contributed by atoms with E-state index in [9.17, 15) is 18.3 Å². The van der Waals surface area contributed by atoms with E-state index in [1.807, 2.05) is 0 Å². The molecule has 1 fully saturated rings. The molecule has 1 amide bonds. The van der Waals surface area contributed by atoms with Crippen LogP contribution < -0.4 is 5.32 Å². The van der Waals surface area contributed by atoms with Gasteiger partial charge in [0.05, 0.1) is 11.8 Å². The van der Waals surface area contributed by atoms with Gasteiger partial charge >= 0.3 is 0 Å². The first kappa shape index (κ1) is 10.9. The standard InChI is InChI=1S/C10H11NO4S/c12-8-3-1-2-7(4-8)9-5-16(14,15)6-10(13)11-9/h1-4,9,12H,5-6H2,(H,11,13). The molecule has 1 aromatic rings. The summed E-state index contributed by atoms with van der Waals surface area (Å²) < 4.78 is 22.8. The molecule has 0 radical (unpaired) electrons. The minimum atomic E-state index is -3.34. The molecule has 0 aliphatic carbocycles. The van der Waals surface area contributed by atoms with Crippen LogP contribution in [0.15, 0.2) is 24.3 Å². The molecule has 6 heteroatoms. The molecule has 1 aliphatic heterocycles. The minimum Gasteiger partial charge on any atom is -0.508 e. The van der Waals surface area contributed by atoms with Gasteiger partial charge in [-0.3, -0.25) is 4.79 Å². The Bertz CT molecular complexity index is 523. The molecule has 1 aromatic carbocycles. The molecule has 0 spiro atoms. The van der Waals surface area contributed by atoms with Crippen LogP contribution in [0.1, 0.15) is 11.6 Å². The largest absolute Gasteiger partial charge is 0.508 e. The zero-order valence-corrected chi connectivity index (χ0v) is 9.20. The van der Waals surface area contributed by atoms with Gasteiger partial charge in [-0.1, -0.05) is 12.1 Å². The van der Waals surface area contributed by atoms with Crippen molar-refractivity contribution in [2.24, 2.45) is 0 Å². The monoisotopic (exact) mass is 241 g/mol. The highest BCUT2D eigenvalue weighted by atomic mass is 32.2. The second-order valence-electron chi connectivity index (χ2n) is 3.77. The summed E-state index contributed by atoms with van der Waals surface area (Å²) in [5, 5.41) is 11.9. The Labute approximate surface area is 93.0 Å². The maximum Gasteiger partial charge on any atom is 0.235 e. The highest BCUT2D eigenvalue weighted by Crippen LogP contribution is 2.22. The lowest BCUT2D eigenvalue weighted by molar-refractivity contribution is -0.119. The van der Waals surface area contributed by atoms with E-state index in [2.05, 4.69) is 5.32 Å². The van der Waals surface area contributed by atoms with E-state index < -0.39 is 27.5 Å². The molecule has 16 heavy (non-hydrogen) atoms. The predicted molar refractivity (Wildman–Crippen MR) is 57.6 cm³/mol. The van der Waals surface area contributed by atoms with E-state index in [-0.39, 0.29) is 11.5 Å². The molecule has 1 saturated heterocycles. The molecule has 0 bridgehead atoms. The molecule has 0 saturated carbocycles. The molecule has 1 atom stereocenters. The molecule has 5 nitrogen and oxygen atoms in total. The van der Waals surface area contributed by atoms with Crippen molar-refractivity contribution in [2.45, 2.75) is 6.04 Å². The van der Waals surface area contributed by atoms with E-state index in [0.29, 0.717) is 5.56 Å². The van der Waals surface area contributed by atoms with Crippen LogP contribution >= 0.6 is 0 Å². The molecule has 1 heterocycles. The lowest BCUT2D eigenvalue weighted by atomic mass is 10.1. The predicted octanol–water partition coefficient (Wildman–Crippen LogP) is -0.0221. The van der Waals surface area contributed by atoms with Crippen LogP contribution in [0.2, 0.25) is 0 Å². The van der Waals surface area contributed by atoms with Gasteiger partial charge in [0, 0.05) is 0 Å². The first-order valence-corrected chi connectivity index (χ1v) is 6.57. The van der Waals surface area contributed by atoms with Gasteiger partial charge in [-0.25, -0.2) is 8.42 Å². The van der Waals surface area contributed by atoms with Crippen molar-refractivity contribution in [3.05, 3.63) is 29.8 Å². The zero-order chi connectivity index (χ0) is 11.8. The SMILES string of the molecule is O=C1CS(=O)(=O)CC(c2cccc(O)c2)N1. The average molecular weight is 241 g/mol. The van der Waals surface area contributed by atoms with Gasteiger partial charge in [0.1, 0.15) is 11.5 Å². The molecule has 2 rings (SSSR count). The topological polar surface area (TPSA) is 83.5 Å². The van der Waals surface area contributed by atoms with Crippen LogP contribution in [0.4, 0.5) is 0 Å². The van der Waals surface area contributed by atoms with Crippen LogP contribution in [-0.4, -0.2) is 30.9 Å². The van der Waals surface area contributed by atoms with Crippen LogP contribution in [-0.2, 0) is 14.6 Å². The summed E-state index contributed by atoms with van der Waals surface area (Å²) in [4.78, 5) is 11.2. The van der Waals surface area contributed by atoms with Gasteiger partial charge in [-0.05, 0) is 17.7 Å². The Morgan fingerprint density at radius 2 is 2.12 bits per heavy atom. The quantitative estimate of drug-likeness (QED) is 0.723. The Kier molecular flexibility index (Phi) is 2.59. The number of phenols is 1. The first-order chi connectivity index (χ1) is 7.46. The molecular formula is C10H11NO4S. The number of benzene rings is 1. The van der Waals surface area contributed by atoms with Crippen LogP contribution in [0.25, 0.3) is 0 Å². The van der Waals surface area contributed by atoms with Crippen molar-refractivity contribution in [2.75, 3.05) is 11.5 Å². The van der Waals surface area contributed by atoms with Crippen LogP contribution in [0, 0.1) is 0 Å². The van der Waals surface area contributed by atoms with E-state index in [0.717, 1.165) is 0 Å². The number of aromatic hydroxyl groups is 1. The van der Waals surface area contributed by atoms with Crippen molar-refractivity contribution < 1.29 is 18.3 Å². The average Bonchev–Trinajstić information content (AvgIpc) is 2.14. The van der Waals surface area contributed by atoms with Gasteiger partial charge in [0.25, 0.3) is 0 Å². The summed E-state index contributed by atoms with van der Waals surface area (Å²) in [6.07, 6.45) is 0. The lowest BCUT2D eigenvalue weighted by Crippen LogP contribution is -2.43. The van der Waals surface area contributed by atoms with E-state index >= 15 is 0 Å². The van der Waals surface area contributed by atoms with Crippen LogP contribution in [0.5, 0.6) is 5.75 Å². The number of sulfone groups is 1. The van der Waals surface area contributed by atoms with E-state index in [1.165, 1.54) is 12.1 Å². The lowest BCUT2D eigenvalue weighted by Gasteiger charge is -2.23. The second-order valence-corrected chi connectivity index (χ2v) is 5.88. The fourth-order valence-corrected chi connectivity index (χ4v) is 3.10. The van der Waals surface area contributed by atoms with Crippen LogP contribution in [0.3, 0.4) is 0 Å². The molecule has 86 valence electrons. The Morgan fingerprint density at radius 1 is 1.38 bits per heavy atom. The summed E-state index contributed by atoms with van der Waals surface area (Å²) >= 11 is 0. The van der Waals surface area contributed by atoms with E-state index in [4.69, 9.17) is 0 Å². The molecule has 1 unspecified atom stereocenters. The fourth-order valence-electron chi connectivity index (χ4n) is 1.71. The third kappa shape index (κ3) is 2.33. The first-order valence-electron chi connectivity index (χ1n) is 4.75. The van der Waals surface area contributed by atoms with Gasteiger partial charge in [-0.2, -0.15) is 0 Å². The number of rotatable bonds is 1. The summed E-state index contributed by atoms with van der Waals surface area (Å²) in [5.41, 5.74) is 0.594. The summed E-state index contributed by atoms with van der Waals surface area (Å²) in [6, 6.07) is 5.65. The maximum absolute atomic E-state index is 11.4. The number of amides is 1. The summed E-state index contributed by atoms with van der Waals surface area (Å²) in [5.74, 6) is -1.03. The number of hydrogen-bond acceptors (Lipinski definition) is 4. The number of carbonyl (C=O) groups excluding carboxylic acids is 1. The van der Waals surface area contributed by atoms with Crippen molar-refractivity contribution >= 4 is 15.7 Å². The molecule has 0 aromatic heterocycles. The van der Waals surface area contributed by atoms with Gasteiger partial charge in [0.15, 0.2) is 9.84 Å². The summed E-state index contributed by atoms with van der Waals surface area (Å²) in [7, 11) is -3.34. The number of nitrogens with one attached hydrogen (secondary N) is 1. The zero-order valence-electron chi connectivity index (χ0n) is 8.38.